The Bertz CT molecular complexity index is 3120. The SMILES string of the molecule is Cc1cc(-c2ccncc2)ccc1/N=C/n1c2ccccc2c2ccc(Oc3cccc(Nc4ccccc4Nc4c(-c5ccccc5)cccc4-c4ccccc4)c3)cc21. The van der Waals surface area contributed by atoms with Crippen molar-refractivity contribution in [2.75, 3.05) is 10.6 Å². The van der Waals surface area contributed by atoms with Crippen molar-refractivity contribution in [1.82, 2.24) is 9.55 Å². The highest BCUT2D eigenvalue weighted by Gasteiger charge is 2.15. The number of hydrogen-bond donors (Lipinski definition) is 2. The zero-order valence-corrected chi connectivity index (χ0v) is 33.5. The van der Waals surface area contributed by atoms with E-state index in [0.29, 0.717) is 0 Å². The van der Waals surface area contributed by atoms with Crippen LogP contribution >= 0.6 is 0 Å². The lowest BCUT2D eigenvalue weighted by Crippen LogP contribution is -2.00. The summed E-state index contributed by atoms with van der Waals surface area (Å²) in [7, 11) is 0. The van der Waals surface area contributed by atoms with Crippen LogP contribution in [0.2, 0.25) is 0 Å². The van der Waals surface area contributed by atoms with Crippen LogP contribution in [0.4, 0.5) is 28.4 Å². The van der Waals surface area contributed by atoms with Gasteiger partial charge in [-0.25, -0.2) is 4.99 Å². The van der Waals surface area contributed by atoms with E-state index in [1.165, 1.54) is 0 Å². The summed E-state index contributed by atoms with van der Waals surface area (Å²) in [5.74, 6) is 1.45. The lowest BCUT2D eigenvalue weighted by molar-refractivity contribution is 0.483. The van der Waals surface area contributed by atoms with E-state index in [1.807, 2.05) is 61.2 Å². The fourth-order valence-electron chi connectivity index (χ4n) is 7.98. The Morgan fingerprint density at radius 1 is 0.492 bits per heavy atom. The van der Waals surface area contributed by atoms with Crippen LogP contribution in [0.15, 0.2) is 218 Å². The second-order valence-electron chi connectivity index (χ2n) is 14.9. The summed E-state index contributed by atoms with van der Waals surface area (Å²) in [6.45, 7) is 2.10. The monoisotopic (exact) mass is 787 g/mol. The molecule has 10 rings (SSSR count). The molecule has 6 nitrogen and oxygen atoms in total. The highest BCUT2D eigenvalue weighted by molar-refractivity contribution is 6.11. The Hall–Kier alpha value is -8.22. The Kier molecular flexibility index (Phi) is 10.1. The quantitative estimate of drug-likeness (QED) is 0.101. The Labute approximate surface area is 355 Å². The van der Waals surface area contributed by atoms with Crippen molar-refractivity contribution >= 4 is 56.6 Å². The van der Waals surface area contributed by atoms with E-state index in [4.69, 9.17) is 9.73 Å². The molecular formula is C55H41N5O. The van der Waals surface area contributed by atoms with Crippen LogP contribution in [0.3, 0.4) is 0 Å². The average Bonchev–Trinajstić information content (AvgIpc) is 3.62. The van der Waals surface area contributed by atoms with Gasteiger partial charge in [0.25, 0.3) is 0 Å². The van der Waals surface area contributed by atoms with E-state index in [2.05, 4.69) is 185 Å². The van der Waals surface area contributed by atoms with Crippen LogP contribution in [0, 0.1) is 6.92 Å². The molecule has 0 aliphatic heterocycles. The number of aliphatic imine (C=N–C) groups is 1. The highest BCUT2D eigenvalue weighted by atomic mass is 16.5. The number of anilines is 4. The van der Waals surface area contributed by atoms with Crippen LogP contribution in [-0.4, -0.2) is 15.9 Å². The molecule has 2 N–H and O–H groups in total. The first-order valence-corrected chi connectivity index (χ1v) is 20.4. The summed E-state index contributed by atoms with van der Waals surface area (Å²) in [6, 6.07) is 69.0. The maximum atomic E-state index is 6.59. The van der Waals surface area contributed by atoms with Crippen molar-refractivity contribution in [3.63, 3.8) is 0 Å². The number of nitrogens with zero attached hydrogens (tertiary/aromatic N) is 3. The molecule has 10 aromatic rings. The van der Waals surface area contributed by atoms with Gasteiger partial charge in [-0.15, -0.1) is 0 Å². The van der Waals surface area contributed by atoms with Gasteiger partial charge in [0.15, 0.2) is 0 Å². The van der Waals surface area contributed by atoms with Gasteiger partial charge in [0.2, 0.25) is 0 Å². The van der Waals surface area contributed by atoms with Gasteiger partial charge >= 0.3 is 0 Å². The first-order chi connectivity index (χ1) is 30.1. The molecule has 0 atom stereocenters. The summed E-state index contributed by atoms with van der Waals surface area (Å²) in [5.41, 5.74) is 14.7. The standard InChI is InChI=1S/C55H41N5O/c1-38-34-42(39-30-32-56-33-31-39)26-29-50(38)57-37-60-53-25-11-8-20-48(53)49-28-27-45(36-54(49)60)61-44-19-12-18-43(35-44)58-51-23-9-10-24-52(51)59-55-46(40-14-4-2-5-15-40)21-13-22-47(55)41-16-6-3-7-17-41/h2-37,58-59H,1H3/b57-37+. The number of hydrogen-bond acceptors (Lipinski definition) is 5. The number of aromatic nitrogens is 2. The number of para-hydroxylation sites is 4. The van der Waals surface area contributed by atoms with Gasteiger partial charge in [-0.2, -0.15) is 0 Å². The summed E-state index contributed by atoms with van der Waals surface area (Å²) in [4.78, 5) is 9.15. The third-order valence-electron chi connectivity index (χ3n) is 11.0. The fourth-order valence-corrected chi connectivity index (χ4v) is 7.98. The topological polar surface area (TPSA) is 63.5 Å². The molecule has 0 spiro atoms. The Balaban J connectivity index is 0.937. The van der Waals surface area contributed by atoms with Crippen molar-refractivity contribution in [3.05, 3.63) is 218 Å². The van der Waals surface area contributed by atoms with Gasteiger partial charge in [-0.1, -0.05) is 121 Å². The highest BCUT2D eigenvalue weighted by Crippen LogP contribution is 2.41. The van der Waals surface area contributed by atoms with E-state index >= 15 is 0 Å². The minimum Gasteiger partial charge on any atom is -0.457 e. The molecule has 61 heavy (non-hydrogen) atoms. The summed E-state index contributed by atoms with van der Waals surface area (Å²) in [6.07, 6.45) is 5.55. The van der Waals surface area contributed by atoms with Crippen molar-refractivity contribution in [3.8, 4) is 44.9 Å². The number of pyridine rings is 1. The van der Waals surface area contributed by atoms with Gasteiger partial charge in [-0.3, -0.25) is 9.55 Å². The second-order valence-corrected chi connectivity index (χ2v) is 14.9. The van der Waals surface area contributed by atoms with E-state index in [0.717, 1.165) is 101 Å². The van der Waals surface area contributed by atoms with E-state index in [-0.39, 0.29) is 0 Å². The molecule has 2 heterocycles. The molecule has 0 radical (unpaired) electrons. The van der Waals surface area contributed by atoms with Crippen LogP contribution in [0.25, 0.3) is 55.2 Å². The van der Waals surface area contributed by atoms with Gasteiger partial charge in [0, 0.05) is 52.1 Å². The van der Waals surface area contributed by atoms with E-state index < -0.39 is 0 Å². The molecule has 292 valence electrons. The molecule has 0 aliphatic carbocycles. The number of nitrogens with one attached hydrogen (secondary N) is 2. The summed E-state index contributed by atoms with van der Waals surface area (Å²) in [5, 5.41) is 9.80. The maximum Gasteiger partial charge on any atom is 0.129 e. The number of benzene rings is 8. The first kappa shape index (κ1) is 37.1. The largest absolute Gasteiger partial charge is 0.457 e. The second kappa shape index (κ2) is 16.6. The first-order valence-electron chi connectivity index (χ1n) is 20.4. The zero-order valence-electron chi connectivity index (χ0n) is 33.5. The molecule has 0 aliphatic rings. The number of ether oxygens (including phenoxy) is 1. The molecule has 0 amide bonds. The maximum absolute atomic E-state index is 6.59. The van der Waals surface area contributed by atoms with Crippen LogP contribution in [-0.2, 0) is 0 Å². The Morgan fingerprint density at radius 2 is 1.13 bits per heavy atom. The molecular weight excluding hydrogens is 747 g/mol. The normalized spacial score (nSPS) is 11.3. The van der Waals surface area contributed by atoms with Crippen LogP contribution in [0.5, 0.6) is 11.5 Å². The zero-order chi connectivity index (χ0) is 41.0. The third kappa shape index (κ3) is 7.74. The predicted molar refractivity (Wildman–Crippen MR) is 254 cm³/mol. The molecule has 0 fully saturated rings. The van der Waals surface area contributed by atoms with Crippen molar-refractivity contribution in [2.24, 2.45) is 4.99 Å². The molecule has 0 saturated carbocycles. The van der Waals surface area contributed by atoms with E-state index in [9.17, 15) is 0 Å². The fraction of sp³-hybridized carbons (Fsp3) is 0.0182. The molecule has 0 unspecified atom stereocenters. The molecule has 8 aromatic carbocycles. The molecule has 2 aromatic heterocycles. The Morgan fingerprint density at radius 3 is 1.87 bits per heavy atom. The smallest absolute Gasteiger partial charge is 0.129 e. The molecule has 6 heteroatoms. The molecule has 0 saturated heterocycles. The minimum atomic E-state index is 0.719. The lowest BCUT2D eigenvalue weighted by Gasteiger charge is -2.20. The van der Waals surface area contributed by atoms with Gasteiger partial charge < -0.3 is 15.4 Å². The van der Waals surface area contributed by atoms with Crippen LogP contribution in [0.1, 0.15) is 5.56 Å². The number of aryl methyl sites for hydroxylation is 1. The average molecular weight is 788 g/mol. The van der Waals surface area contributed by atoms with Crippen molar-refractivity contribution in [1.29, 1.82) is 0 Å². The van der Waals surface area contributed by atoms with Crippen LogP contribution < -0.4 is 15.4 Å². The van der Waals surface area contributed by atoms with E-state index in [1.54, 1.807) is 0 Å². The summed E-state index contributed by atoms with van der Waals surface area (Å²) < 4.78 is 8.74. The van der Waals surface area contributed by atoms with Gasteiger partial charge in [0.05, 0.1) is 33.8 Å². The predicted octanol–water partition coefficient (Wildman–Crippen LogP) is 15.0. The minimum absolute atomic E-state index is 0.719. The number of fused-ring (bicyclic) bond motifs is 3. The molecule has 0 bridgehead atoms. The summed E-state index contributed by atoms with van der Waals surface area (Å²) >= 11 is 0. The van der Waals surface area contributed by atoms with Gasteiger partial charge in [0.1, 0.15) is 17.8 Å². The third-order valence-corrected chi connectivity index (χ3v) is 11.0. The van der Waals surface area contributed by atoms with Gasteiger partial charge in [-0.05, 0) is 101 Å². The van der Waals surface area contributed by atoms with Crippen molar-refractivity contribution in [2.45, 2.75) is 6.92 Å². The lowest BCUT2D eigenvalue weighted by atomic mass is 9.95. The number of rotatable bonds is 11. The van der Waals surface area contributed by atoms with Crippen molar-refractivity contribution < 1.29 is 4.74 Å².